The summed E-state index contributed by atoms with van der Waals surface area (Å²) < 4.78 is 24.4. The number of carboxylic acid groups (broad SMARTS) is 1. The molecule has 0 aliphatic carbocycles. The second kappa shape index (κ2) is 7.07. The highest BCUT2D eigenvalue weighted by molar-refractivity contribution is 7.99. The minimum atomic E-state index is -4.20. The molecule has 1 heterocycles. The van der Waals surface area contributed by atoms with Gasteiger partial charge in [-0.2, -0.15) is 0 Å². The van der Waals surface area contributed by atoms with Crippen LogP contribution in [0, 0.1) is 0 Å². The number of carbonyl (C=O) groups is 1. The zero-order valence-corrected chi connectivity index (χ0v) is 15.0. The third-order valence-electron chi connectivity index (χ3n) is 4.00. The van der Waals surface area contributed by atoms with E-state index in [-0.39, 0.29) is 10.5 Å². The molecule has 0 bridgehead atoms. The number of benzene rings is 2. The van der Waals surface area contributed by atoms with Crippen LogP contribution in [0.15, 0.2) is 57.2 Å². The number of sulfonamides is 1. The molecular weight excluding hydrogens is 360 g/mol. The van der Waals surface area contributed by atoms with E-state index in [9.17, 15) is 18.3 Å². The monoisotopic (exact) mass is 378 g/mol. The number of primary sulfonamides is 1. The molecule has 6 nitrogen and oxygen atoms in total. The largest absolute Gasteiger partial charge is 0.478 e. The van der Waals surface area contributed by atoms with Crippen molar-refractivity contribution < 1.29 is 18.3 Å². The van der Waals surface area contributed by atoms with Gasteiger partial charge in [0.1, 0.15) is 4.90 Å². The molecule has 1 aliphatic rings. The number of anilines is 1. The van der Waals surface area contributed by atoms with E-state index in [0.717, 1.165) is 17.7 Å². The first kappa shape index (κ1) is 17.8. The Labute approximate surface area is 150 Å². The molecule has 0 atom stereocenters. The van der Waals surface area contributed by atoms with Gasteiger partial charge >= 0.3 is 5.97 Å². The number of carboxylic acids is 1. The highest BCUT2D eigenvalue weighted by atomic mass is 32.2. The molecule has 3 rings (SSSR count). The van der Waals surface area contributed by atoms with Crippen molar-refractivity contribution >= 4 is 33.4 Å². The fourth-order valence-corrected chi connectivity index (χ4v) is 4.99. The van der Waals surface area contributed by atoms with Crippen LogP contribution in [0.25, 0.3) is 0 Å². The maximum atomic E-state index is 12.2. The number of hydrogen-bond acceptors (Lipinski definition) is 5. The molecular formula is C17H18N2O4S2. The molecule has 0 aromatic heterocycles. The molecule has 0 spiro atoms. The highest BCUT2D eigenvalue weighted by Gasteiger charge is 2.30. The van der Waals surface area contributed by atoms with Gasteiger partial charge in [-0.05, 0) is 37.1 Å². The van der Waals surface area contributed by atoms with E-state index >= 15 is 0 Å². The smallest absolute Gasteiger partial charge is 0.337 e. The van der Waals surface area contributed by atoms with Crippen molar-refractivity contribution in [3.8, 4) is 0 Å². The van der Waals surface area contributed by atoms with E-state index in [0.29, 0.717) is 23.7 Å². The van der Waals surface area contributed by atoms with Crippen molar-refractivity contribution in [2.75, 3.05) is 18.0 Å². The Morgan fingerprint density at radius 2 is 1.72 bits per heavy atom. The van der Waals surface area contributed by atoms with Crippen LogP contribution in [0.1, 0.15) is 23.2 Å². The van der Waals surface area contributed by atoms with Crippen LogP contribution in [0.2, 0.25) is 0 Å². The maximum Gasteiger partial charge on any atom is 0.337 e. The fraction of sp³-hybridized carbons (Fsp3) is 0.235. The van der Waals surface area contributed by atoms with Crippen LogP contribution in [0.5, 0.6) is 0 Å². The molecule has 0 amide bonds. The average Bonchev–Trinajstić information content (AvgIpc) is 3.08. The van der Waals surface area contributed by atoms with Gasteiger partial charge in [0, 0.05) is 22.9 Å². The molecule has 2 aromatic rings. The number of nitrogens with zero attached hydrogens (tertiary/aromatic N) is 1. The van der Waals surface area contributed by atoms with Crippen LogP contribution < -0.4 is 10.0 Å². The van der Waals surface area contributed by atoms with Crippen molar-refractivity contribution in [2.45, 2.75) is 27.5 Å². The molecule has 0 saturated carbocycles. The fourth-order valence-electron chi connectivity index (χ4n) is 2.95. The summed E-state index contributed by atoms with van der Waals surface area (Å²) in [7, 11) is -4.20. The van der Waals surface area contributed by atoms with Gasteiger partial charge in [-0.3, -0.25) is 0 Å². The van der Waals surface area contributed by atoms with Crippen molar-refractivity contribution in [3.63, 3.8) is 0 Å². The third kappa shape index (κ3) is 3.81. The lowest BCUT2D eigenvalue weighted by Gasteiger charge is -2.24. The van der Waals surface area contributed by atoms with Crippen LogP contribution >= 0.6 is 11.8 Å². The molecule has 0 radical (unpaired) electrons. The Morgan fingerprint density at radius 3 is 2.28 bits per heavy atom. The molecule has 1 saturated heterocycles. The number of rotatable bonds is 5. The molecule has 0 unspecified atom stereocenters. The summed E-state index contributed by atoms with van der Waals surface area (Å²) in [4.78, 5) is 14.8. The first-order chi connectivity index (χ1) is 11.9. The van der Waals surface area contributed by atoms with E-state index in [1.165, 1.54) is 17.8 Å². The molecule has 3 N–H and O–H groups in total. The minimum absolute atomic E-state index is 0.290. The normalized spacial score (nSPS) is 14.7. The zero-order chi connectivity index (χ0) is 18.0. The van der Waals surface area contributed by atoms with E-state index in [1.54, 1.807) is 6.07 Å². The van der Waals surface area contributed by atoms with Gasteiger partial charge in [0.2, 0.25) is 10.0 Å². The highest BCUT2D eigenvalue weighted by Crippen LogP contribution is 2.42. The van der Waals surface area contributed by atoms with Gasteiger partial charge in [0.25, 0.3) is 0 Å². The molecule has 1 aliphatic heterocycles. The Morgan fingerprint density at radius 1 is 1.08 bits per heavy atom. The van der Waals surface area contributed by atoms with Gasteiger partial charge in [-0.25, -0.2) is 18.4 Å². The summed E-state index contributed by atoms with van der Waals surface area (Å²) in [6.07, 6.45) is 1.85. The van der Waals surface area contributed by atoms with Crippen LogP contribution in [-0.4, -0.2) is 32.6 Å². The lowest BCUT2D eigenvalue weighted by Crippen LogP contribution is -2.26. The quantitative estimate of drug-likeness (QED) is 0.830. The zero-order valence-electron chi connectivity index (χ0n) is 13.4. The summed E-state index contributed by atoms with van der Waals surface area (Å²) >= 11 is 1.40. The first-order valence-electron chi connectivity index (χ1n) is 7.79. The predicted molar refractivity (Wildman–Crippen MR) is 96.8 cm³/mol. The predicted octanol–water partition coefficient (Wildman–Crippen LogP) is 2.78. The Bertz CT molecular complexity index is 892. The lowest BCUT2D eigenvalue weighted by atomic mass is 10.2. The minimum Gasteiger partial charge on any atom is -0.478 e. The van der Waals surface area contributed by atoms with Crippen molar-refractivity contribution in [2.24, 2.45) is 5.14 Å². The van der Waals surface area contributed by atoms with E-state index < -0.39 is 16.0 Å². The third-order valence-corrected chi connectivity index (χ3v) is 6.04. The molecule has 1 fully saturated rings. The van der Waals surface area contributed by atoms with Gasteiger partial charge in [-0.15, -0.1) is 0 Å². The topological polar surface area (TPSA) is 101 Å². The van der Waals surface area contributed by atoms with Crippen molar-refractivity contribution in [3.05, 3.63) is 48.0 Å². The van der Waals surface area contributed by atoms with E-state index in [4.69, 9.17) is 5.14 Å². The van der Waals surface area contributed by atoms with E-state index in [1.807, 2.05) is 35.2 Å². The van der Waals surface area contributed by atoms with Crippen LogP contribution in [0.3, 0.4) is 0 Å². The summed E-state index contributed by atoms with van der Waals surface area (Å²) in [5.74, 6) is -1.30. The van der Waals surface area contributed by atoms with Crippen molar-refractivity contribution in [1.29, 1.82) is 0 Å². The van der Waals surface area contributed by atoms with Gasteiger partial charge in [0.05, 0.1) is 11.3 Å². The summed E-state index contributed by atoms with van der Waals surface area (Å²) in [5, 5.41) is 14.8. The maximum absolute atomic E-state index is 12.2. The Hall–Kier alpha value is -2.03. The second-order valence-electron chi connectivity index (χ2n) is 5.75. The molecule has 2 aromatic carbocycles. The standard InChI is InChI=1S/C17H18N2O4S2/c18-25(22,23)16-13(17(20)21)8-9-14(15(16)19-10-4-5-11-19)24-12-6-2-1-3-7-12/h1-3,6-9H,4-5,10-11H2,(H,20,21)(H2,18,22,23). The van der Waals surface area contributed by atoms with Gasteiger partial charge in [-0.1, -0.05) is 30.0 Å². The number of hydrogen-bond donors (Lipinski definition) is 2. The number of nitrogens with two attached hydrogens (primary N) is 1. The second-order valence-corrected chi connectivity index (χ2v) is 8.36. The summed E-state index contributed by atoms with van der Waals surface area (Å²) in [5.41, 5.74) is 0.107. The lowest BCUT2D eigenvalue weighted by molar-refractivity contribution is 0.0692. The first-order valence-corrected chi connectivity index (χ1v) is 10.1. The average molecular weight is 378 g/mol. The van der Waals surface area contributed by atoms with Gasteiger partial charge in [0.15, 0.2) is 0 Å². The molecule has 8 heteroatoms. The summed E-state index contributed by atoms with van der Waals surface area (Å²) in [6, 6.07) is 12.5. The summed E-state index contributed by atoms with van der Waals surface area (Å²) in [6.45, 7) is 1.35. The van der Waals surface area contributed by atoms with Crippen LogP contribution in [0.4, 0.5) is 5.69 Å². The molecule has 132 valence electrons. The molecule has 25 heavy (non-hydrogen) atoms. The van der Waals surface area contributed by atoms with Crippen LogP contribution in [-0.2, 0) is 10.0 Å². The number of aromatic carboxylic acids is 1. The van der Waals surface area contributed by atoms with Crippen molar-refractivity contribution in [1.82, 2.24) is 0 Å². The Kier molecular flexibility index (Phi) is 5.03. The SMILES string of the molecule is NS(=O)(=O)c1c(C(=O)O)ccc(Sc2ccccc2)c1N1CCCC1. The Balaban J connectivity index is 2.22. The van der Waals surface area contributed by atoms with E-state index in [2.05, 4.69) is 0 Å². The van der Waals surface area contributed by atoms with Gasteiger partial charge < -0.3 is 10.0 Å².